The first-order chi connectivity index (χ1) is 29.6. The summed E-state index contributed by atoms with van der Waals surface area (Å²) in [7, 11) is 5.25. The molecular formula is C45H62N8O7S2. The first kappa shape index (κ1) is 46.9. The van der Waals surface area contributed by atoms with Gasteiger partial charge in [-0.3, -0.25) is 33.6 Å². The Morgan fingerprint density at radius 3 is 2.60 bits per heavy atom. The highest BCUT2D eigenvalue weighted by atomic mass is 32.2. The SMILES string of the molecule is CCn1c(-c2cccnc2C(C)OC)c(CC(C)(C)COC=O)c2cc(-c3csc(CC(NC(=O)C(SN(C)C(=O)OC4CN(C)C4)C(C)C)C(=O)N4CCCCN4)n3)ccc21. The first-order valence-electron chi connectivity index (χ1n) is 21.4. The molecule has 0 spiro atoms. The van der Waals surface area contributed by atoms with Gasteiger partial charge in [0.25, 0.3) is 12.4 Å². The van der Waals surface area contributed by atoms with Gasteiger partial charge in [-0.1, -0.05) is 33.8 Å². The van der Waals surface area contributed by atoms with Gasteiger partial charge in [0.2, 0.25) is 5.91 Å². The van der Waals surface area contributed by atoms with Gasteiger partial charge in [0.05, 0.1) is 34.8 Å². The Hall–Kier alpha value is -4.55. The molecule has 15 nitrogen and oxygen atoms in total. The van der Waals surface area contributed by atoms with E-state index in [9.17, 15) is 19.2 Å². The Morgan fingerprint density at radius 1 is 1.16 bits per heavy atom. The molecule has 2 saturated heterocycles. The van der Waals surface area contributed by atoms with Crippen LogP contribution in [-0.4, -0.2) is 125 Å². The Morgan fingerprint density at radius 2 is 1.94 bits per heavy atom. The van der Waals surface area contributed by atoms with E-state index in [0.717, 1.165) is 69.5 Å². The molecule has 4 aromatic rings. The lowest BCUT2D eigenvalue weighted by molar-refractivity contribution is -0.140. The monoisotopic (exact) mass is 890 g/mol. The number of hydrogen-bond donors (Lipinski definition) is 2. The molecule has 3 amide bonds. The number of ether oxygens (including phenoxy) is 3. The van der Waals surface area contributed by atoms with Gasteiger partial charge in [0, 0.05) is 92.3 Å². The molecule has 1 aromatic carbocycles. The predicted octanol–water partition coefficient (Wildman–Crippen LogP) is 6.51. The molecule has 2 aliphatic rings. The topological polar surface area (TPSA) is 160 Å². The highest BCUT2D eigenvalue weighted by molar-refractivity contribution is 7.98. The van der Waals surface area contributed by atoms with Crippen LogP contribution in [0, 0.1) is 11.3 Å². The quantitative estimate of drug-likeness (QED) is 0.0778. The summed E-state index contributed by atoms with van der Waals surface area (Å²) < 4.78 is 20.4. The number of hydrazine groups is 1. The van der Waals surface area contributed by atoms with E-state index < -0.39 is 22.8 Å². The minimum Gasteiger partial charge on any atom is -0.467 e. The minimum absolute atomic E-state index is 0.153. The molecule has 3 unspecified atom stereocenters. The largest absolute Gasteiger partial charge is 0.467 e. The summed E-state index contributed by atoms with van der Waals surface area (Å²) in [5, 5.41) is 7.75. The Kier molecular flexibility index (Phi) is 15.7. The van der Waals surface area contributed by atoms with Crippen LogP contribution >= 0.6 is 23.3 Å². The van der Waals surface area contributed by atoms with Gasteiger partial charge < -0.3 is 24.1 Å². The minimum atomic E-state index is -0.897. The van der Waals surface area contributed by atoms with Crippen molar-refractivity contribution in [2.24, 2.45) is 11.3 Å². The average molecular weight is 891 g/mol. The summed E-state index contributed by atoms with van der Waals surface area (Å²) in [5.41, 5.74) is 9.48. The number of pyridine rings is 1. The summed E-state index contributed by atoms with van der Waals surface area (Å²) in [5.74, 6) is -0.727. The molecule has 2 fully saturated rings. The zero-order valence-corrected chi connectivity index (χ0v) is 39.1. The molecule has 3 aromatic heterocycles. The van der Waals surface area contributed by atoms with Crippen molar-refractivity contribution in [1.29, 1.82) is 0 Å². The summed E-state index contributed by atoms with van der Waals surface area (Å²) >= 11 is 2.55. The third kappa shape index (κ3) is 11.0. The van der Waals surface area contributed by atoms with Crippen LogP contribution in [0.15, 0.2) is 41.9 Å². The number of nitrogens with zero attached hydrogens (tertiary/aromatic N) is 6. The molecule has 2 N–H and O–H groups in total. The van der Waals surface area contributed by atoms with Crippen molar-refractivity contribution in [2.45, 2.75) is 97.3 Å². The number of likely N-dealkylation sites (N-methyl/N-ethyl adjacent to an activating group) is 1. The fraction of sp³-hybridized carbons (Fsp3) is 0.556. The van der Waals surface area contributed by atoms with E-state index in [4.69, 9.17) is 24.2 Å². The fourth-order valence-electron chi connectivity index (χ4n) is 8.09. The highest BCUT2D eigenvalue weighted by Gasteiger charge is 2.35. The number of carbonyl (C=O) groups is 4. The number of aryl methyl sites for hydroxylation is 1. The van der Waals surface area contributed by atoms with Gasteiger partial charge in [0.15, 0.2) is 0 Å². The average Bonchev–Trinajstić information content (AvgIpc) is 3.84. The molecule has 17 heteroatoms. The lowest BCUT2D eigenvalue weighted by atomic mass is 9.84. The van der Waals surface area contributed by atoms with Crippen LogP contribution < -0.4 is 10.7 Å². The zero-order chi connectivity index (χ0) is 44.7. The van der Waals surface area contributed by atoms with Crippen LogP contribution in [0.2, 0.25) is 0 Å². The van der Waals surface area contributed by atoms with Gasteiger partial charge in [-0.05, 0) is 87.9 Å². The number of benzene rings is 1. The first-order valence-corrected chi connectivity index (χ1v) is 23.1. The van der Waals surface area contributed by atoms with Crippen LogP contribution in [-0.2, 0) is 48.0 Å². The smallest absolute Gasteiger partial charge is 0.419 e. The third-order valence-electron chi connectivity index (χ3n) is 11.4. The van der Waals surface area contributed by atoms with E-state index in [1.807, 2.05) is 39.3 Å². The van der Waals surface area contributed by atoms with E-state index in [1.165, 1.54) is 15.6 Å². The number of amides is 3. The van der Waals surface area contributed by atoms with Crippen LogP contribution in [0.1, 0.15) is 76.8 Å². The molecule has 336 valence electrons. The lowest BCUT2D eigenvalue weighted by Crippen LogP contribution is -2.57. The van der Waals surface area contributed by atoms with Crippen molar-refractivity contribution in [3.05, 3.63) is 58.2 Å². The number of carbonyl (C=O) groups excluding carboxylic acids is 4. The molecule has 0 radical (unpaired) electrons. The van der Waals surface area contributed by atoms with E-state index >= 15 is 0 Å². The standard InChI is InChI=1S/C45H62N8O7S2/c1-10-52-37-16-15-30(20-33(37)34(22-45(5,6)26-59-27-54)40(52)32-14-13-17-46-39(32)29(4)58-9)36-25-61-38(48-36)21-35(43(56)53-19-12-11-18-47-53)49-42(55)41(28(2)3)62-51(8)44(57)60-31-23-50(7)24-31/h13-17,20,25,27-29,31,35,41,47H,10-12,18-19,21-24,26H2,1-9H3,(H,49,55). The van der Waals surface area contributed by atoms with Crippen molar-refractivity contribution >= 4 is 58.6 Å². The van der Waals surface area contributed by atoms with Crippen molar-refractivity contribution in [3.63, 3.8) is 0 Å². The number of aromatic nitrogens is 3. The lowest BCUT2D eigenvalue weighted by Gasteiger charge is -2.36. The van der Waals surface area contributed by atoms with Crippen LogP contribution in [0.4, 0.5) is 4.79 Å². The molecule has 6 rings (SSSR count). The van der Waals surface area contributed by atoms with Gasteiger partial charge >= 0.3 is 6.09 Å². The number of rotatable bonds is 19. The predicted molar refractivity (Wildman–Crippen MR) is 243 cm³/mol. The van der Waals surface area contributed by atoms with Crippen LogP contribution in [0.25, 0.3) is 33.4 Å². The summed E-state index contributed by atoms with van der Waals surface area (Å²) in [6.07, 6.45) is 3.48. The summed E-state index contributed by atoms with van der Waals surface area (Å²) in [4.78, 5) is 64.3. The summed E-state index contributed by atoms with van der Waals surface area (Å²) in [6, 6.07) is 9.50. The fourth-order valence-corrected chi connectivity index (χ4v) is 9.82. The van der Waals surface area contributed by atoms with Gasteiger partial charge in [-0.2, -0.15) is 0 Å². The number of thiazole rings is 1. The number of nitrogens with one attached hydrogen (secondary N) is 2. The molecule has 2 aliphatic heterocycles. The van der Waals surface area contributed by atoms with Gasteiger partial charge in [0.1, 0.15) is 17.4 Å². The number of likely N-dealkylation sites (tertiary alicyclic amines) is 1. The number of hydrogen-bond acceptors (Lipinski definition) is 13. The maximum atomic E-state index is 14.1. The van der Waals surface area contributed by atoms with Gasteiger partial charge in [-0.25, -0.2) is 15.2 Å². The maximum Gasteiger partial charge on any atom is 0.419 e. The summed E-state index contributed by atoms with van der Waals surface area (Å²) in [6.45, 7) is 16.1. The van der Waals surface area contributed by atoms with E-state index in [2.05, 4.69) is 65.2 Å². The molecule has 3 atom stereocenters. The second-order valence-electron chi connectivity index (χ2n) is 17.4. The molecule has 5 heterocycles. The maximum absolute atomic E-state index is 14.1. The molecule has 0 saturated carbocycles. The van der Waals surface area contributed by atoms with Crippen LogP contribution in [0.5, 0.6) is 0 Å². The second-order valence-corrected chi connectivity index (χ2v) is 19.6. The number of fused-ring (bicyclic) bond motifs is 1. The molecule has 0 bridgehead atoms. The third-order valence-corrected chi connectivity index (χ3v) is 13.7. The molecular weight excluding hydrogens is 829 g/mol. The number of methoxy groups -OCH3 is 1. The Balaban J connectivity index is 1.31. The second kappa shape index (κ2) is 20.8. The zero-order valence-electron chi connectivity index (χ0n) is 37.4. The van der Waals surface area contributed by atoms with Crippen molar-refractivity contribution in [2.75, 3.05) is 54.0 Å². The molecule has 62 heavy (non-hydrogen) atoms. The van der Waals surface area contributed by atoms with Crippen molar-refractivity contribution in [1.82, 2.24) is 39.5 Å². The van der Waals surface area contributed by atoms with Crippen molar-refractivity contribution < 1.29 is 33.4 Å². The van der Waals surface area contributed by atoms with Gasteiger partial charge in [-0.15, -0.1) is 11.3 Å². The van der Waals surface area contributed by atoms with Crippen LogP contribution in [0.3, 0.4) is 0 Å². The normalized spacial score (nSPS) is 16.5. The van der Waals surface area contributed by atoms with E-state index in [-0.39, 0.29) is 43.0 Å². The van der Waals surface area contributed by atoms with E-state index in [0.29, 0.717) is 50.6 Å². The molecule has 0 aliphatic carbocycles. The Bertz CT molecular complexity index is 2200. The van der Waals surface area contributed by atoms with E-state index in [1.54, 1.807) is 25.4 Å². The Labute approximate surface area is 373 Å². The van der Waals surface area contributed by atoms with Crippen molar-refractivity contribution in [3.8, 4) is 22.5 Å². The highest BCUT2D eigenvalue weighted by Crippen LogP contribution is 2.42.